The molecule has 1 aromatic carbocycles. The minimum atomic E-state index is -0.993. The zero-order chi connectivity index (χ0) is 14.7. The zero-order valence-corrected chi connectivity index (χ0v) is 11.3. The number of carbonyl (C=O) groups is 2. The SMILES string of the molecule is CC(C)c1nc2ccc(NC(=O)CCC(=O)O)cc2o1. The summed E-state index contributed by atoms with van der Waals surface area (Å²) in [5.41, 5.74) is 1.90. The maximum absolute atomic E-state index is 11.5. The average molecular weight is 276 g/mol. The van der Waals surface area contributed by atoms with Crippen LogP contribution in [0.25, 0.3) is 11.1 Å². The number of carboxylic acid groups (broad SMARTS) is 1. The number of nitrogens with one attached hydrogen (secondary N) is 1. The monoisotopic (exact) mass is 276 g/mol. The molecule has 0 saturated carbocycles. The van der Waals surface area contributed by atoms with Crippen LogP contribution in [0, 0.1) is 0 Å². The molecule has 0 aliphatic rings. The summed E-state index contributed by atoms with van der Waals surface area (Å²) in [7, 11) is 0. The van der Waals surface area contributed by atoms with Gasteiger partial charge in [0.1, 0.15) is 5.52 Å². The van der Waals surface area contributed by atoms with Crippen LogP contribution >= 0.6 is 0 Å². The Morgan fingerprint density at radius 1 is 1.35 bits per heavy atom. The average Bonchev–Trinajstić information content (AvgIpc) is 2.79. The van der Waals surface area contributed by atoms with Crippen LogP contribution in [0.5, 0.6) is 0 Å². The predicted octanol–water partition coefficient (Wildman–Crippen LogP) is 2.75. The van der Waals surface area contributed by atoms with Crippen molar-refractivity contribution in [3.8, 4) is 0 Å². The lowest BCUT2D eigenvalue weighted by Gasteiger charge is -2.03. The second-order valence-electron chi connectivity index (χ2n) is 4.83. The highest BCUT2D eigenvalue weighted by molar-refractivity contribution is 5.94. The number of nitrogens with zero attached hydrogens (tertiary/aromatic N) is 1. The number of carbonyl (C=O) groups excluding carboxylic acids is 1. The molecule has 106 valence electrons. The highest BCUT2D eigenvalue weighted by Gasteiger charge is 2.11. The first-order chi connectivity index (χ1) is 9.45. The van der Waals surface area contributed by atoms with E-state index in [-0.39, 0.29) is 24.7 Å². The number of hydrogen-bond donors (Lipinski definition) is 2. The van der Waals surface area contributed by atoms with Crippen molar-refractivity contribution in [2.45, 2.75) is 32.6 Å². The van der Waals surface area contributed by atoms with Crippen LogP contribution in [0.3, 0.4) is 0 Å². The molecule has 0 spiro atoms. The number of aromatic nitrogens is 1. The number of oxazole rings is 1. The molecule has 1 amide bonds. The topological polar surface area (TPSA) is 92.4 Å². The van der Waals surface area contributed by atoms with Crippen molar-refractivity contribution in [1.29, 1.82) is 0 Å². The number of carboxylic acids is 1. The van der Waals surface area contributed by atoms with Crippen molar-refractivity contribution < 1.29 is 19.1 Å². The normalized spacial score (nSPS) is 10.9. The summed E-state index contributed by atoms with van der Waals surface area (Å²) in [6, 6.07) is 5.16. The van der Waals surface area contributed by atoms with Crippen molar-refractivity contribution in [1.82, 2.24) is 4.98 Å². The van der Waals surface area contributed by atoms with Crippen molar-refractivity contribution in [2.75, 3.05) is 5.32 Å². The van der Waals surface area contributed by atoms with Crippen LogP contribution in [0.4, 0.5) is 5.69 Å². The quantitative estimate of drug-likeness (QED) is 0.875. The summed E-state index contributed by atoms with van der Waals surface area (Å²) >= 11 is 0. The second-order valence-corrected chi connectivity index (χ2v) is 4.83. The number of benzene rings is 1. The lowest BCUT2D eigenvalue weighted by Crippen LogP contribution is -2.12. The molecular weight excluding hydrogens is 260 g/mol. The Bertz CT molecular complexity index is 646. The van der Waals surface area contributed by atoms with Gasteiger partial charge in [-0.25, -0.2) is 4.98 Å². The van der Waals surface area contributed by atoms with Gasteiger partial charge in [-0.1, -0.05) is 13.8 Å². The first-order valence-electron chi connectivity index (χ1n) is 6.38. The number of amides is 1. The van der Waals surface area contributed by atoms with Gasteiger partial charge in [0.15, 0.2) is 11.5 Å². The minimum absolute atomic E-state index is 0.0545. The summed E-state index contributed by atoms with van der Waals surface area (Å²) < 4.78 is 5.59. The van der Waals surface area contributed by atoms with E-state index in [1.54, 1.807) is 18.2 Å². The summed E-state index contributed by atoms with van der Waals surface area (Å²) in [5.74, 6) is -0.492. The van der Waals surface area contributed by atoms with Gasteiger partial charge < -0.3 is 14.8 Å². The van der Waals surface area contributed by atoms with Gasteiger partial charge in [0, 0.05) is 24.1 Å². The number of fused-ring (bicyclic) bond motifs is 1. The first kappa shape index (κ1) is 14.0. The summed E-state index contributed by atoms with van der Waals surface area (Å²) in [6.45, 7) is 3.97. The van der Waals surface area contributed by atoms with Crippen LogP contribution in [0.15, 0.2) is 22.6 Å². The molecule has 2 aromatic rings. The molecular formula is C14H16N2O4. The Balaban J connectivity index is 2.11. The molecule has 0 radical (unpaired) electrons. The molecule has 0 fully saturated rings. The Morgan fingerprint density at radius 3 is 2.75 bits per heavy atom. The van der Waals surface area contributed by atoms with Crippen LogP contribution < -0.4 is 5.32 Å². The Hall–Kier alpha value is -2.37. The number of aliphatic carboxylic acids is 1. The molecule has 6 heteroatoms. The zero-order valence-electron chi connectivity index (χ0n) is 11.3. The molecule has 2 rings (SSSR count). The third-order valence-corrected chi connectivity index (χ3v) is 2.75. The summed E-state index contributed by atoms with van der Waals surface area (Å²) in [5, 5.41) is 11.2. The van der Waals surface area contributed by atoms with Gasteiger partial charge in [-0.2, -0.15) is 0 Å². The van der Waals surface area contributed by atoms with Gasteiger partial charge >= 0.3 is 5.97 Å². The van der Waals surface area contributed by atoms with Gasteiger partial charge in [-0.15, -0.1) is 0 Å². The molecule has 2 N–H and O–H groups in total. The molecule has 0 saturated heterocycles. The van der Waals surface area contributed by atoms with Gasteiger partial charge in [-0.05, 0) is 12.1 Å². The highest BCUT2D eigenvalue weighted by Crippen LogP contribution is 2.23. The molecule has 20 heavy (non-hydrogen) atoms. The van der Waals surface area contributed by atoms with Crippen LogP contribution in [0.1, 0.15) is 38.5 Å². The van der Waals surface area contributed by atoms with E-state index in [1.807, 2.05) is 13.8 Å². The van der Waals surface area contributed by atoms with E-state index in [0.29, 0.717) is 17.2 Å². The summed E-state index contributed by atoms with van der Waals surface area (Å²) in [4.78, 5) is 26.3. The maximum Gasteiger partial charge on any atom is 0.303 e. The second kappa shape index (κ2) is 5.73. The van der Waals surface area contributed by atoms with Crippen LogP contribution in [-0.4, -0.2) is 22.0 Å². The Labute approximate surface area is 115 Å². The smallest absolute Gasteiger partial charge is 0.303 e. The molecule has 0 atom stereocenters. The van der Waals surface area contributed by atoms with Gasteiger partial charge in [0.25, 0.3) is 0 Å². The minimum Gasteiger partial charge on any atom is -0.481 e. The van der Waals surface area contributed by atoms with E-state index < -0.39 is 5.97 Å². The standard InChI is InChI=1S/C14H16N2O4/c1-8(2)14-16-10-4-3-9(7-11(10)20-14)15-12(17)5-6-13(18)19/h3-4,7-8H,5-6H2,1-2H3,(H,15,17)(H,18,19). The molecule has 1 heterocycles. The van der Waals surface area contributed by atoms with Crippen molar-refractivity contribution in [3.63, 3.8) is 0 Å². The third kappa shape index (κ3) is 3.34. The first-order valence-corrected chi connectivity index (χ1v) is 6.38. The predicted molar refractivity (Wildman–Crippen MR) is 73.6 cm³/mol. The molecule has 6 nitrogen and oxygen atoms in total. The van der Waals surface area contributed by atoms with E-state index in [4.69, 9.17) is 9.52 Å². The largest absolute Gasteiger partial charge is 0.481 e. The number of hydrogen-bond acceptors (Lipinski definition) is 4. The Morgan fingerprint density at radius 2 is 2.10 bits per heavy atom. The lowest BCUT2D eigenvalue weighted by molar-refractivity contribution is -0.138. The number of rotatable bonds is 5. The fourth-order valence-corrected chi connectivity index (χ4v) is 1.71. The van der Waals surface area contributed by atoms with Crippen molar-refractivity contribution >= 4 is 28.7 Å². The van der Waals surface area contributed by atoms with Crippen molar-refractivity contribution in [2.24, 2.45) is 0 Å². The van der Waals surface area contributed by atoms with Gasteiger partial charge in [0.2, 0.25) is 5.91 Å². The van der Waals surface area contributed by atoms with Crippen LogP contribution in [0.2, 0.25) is 0 Å². The van der Waals surface area contributed by atoms with E-state index in [9.17, 15) is 9.59 Å². The van der Waals surface area contributed by atoms with E-state index in [0.717, 1.165) is 5.52 Å². The molecule has 0 aliphatic carbocycles. The molecule has 1 aromatic heterocycles. The lowest BCUT2D eigenvalue weighted by atomic mass is 10.2. The van der Waals surface area contributed by atoms with Crippen molar-refractivity contribution in [3.05, 3.63) is 24.1 Å². The third-order valence-electron chi connectivity index (χ3n) is 2.75. The van der Waals surface area contributed by atoms with E-state index >= 15 is 0 Å². The summed E-state index contributed by atoms with van der Waals surface area (Å²) in [6.07, 6.45) is -0.241. The van der Waals surface area contributed by atoms with E-state index in [2.05, 4.69) is 10.3 Å². The maximum atomic E-state index is 11.5. The van der Waals surface area contributed by atoms with Gasteiger partial charge in [-0.3, -0.25) is 9.59 Å². The Kier molecular flexibility index (Phi) is 4.02. The number of anilines is 1. The highest BCUT2D eigenvalue weighted by atomic mass is 16.4. The molecule has 0 bridgehead atoms. The molecule has 0 aliphatic heterocycles. The van der Waals surface area contributed by atoms with E-state index in [1.165, 1.54) is 0 Å². The fourth-order valence-electron chi connectivity index (χ4n) is 1.71. The van der Waals surface area contributed by atoms with Gasteiger partial charge in [0.05, 0.1) is 6.42 Å². The van der Waals surface area contributed by atoms with Crippen LogP contribution in [-0.2, 0) is 9.59 Å². The molecule has 0 unspecified atom stereocenters. The fraction of sp³-hybridized carbons (Fsp3) is 0.357.